The predicted octanol–water partition coefficient (Wildman–Crippen LogP) is 3.36. The molecule has 17 heavy (non-hydrogen) atoms. The maximum atomic E-state index is 5.68. The first-order valence-corrected chi connectivity index (χ1v) is 6.31. The van der Waals surface area contributed by atoms with E-state index in [9.17, 15) is 0 Å². The number of hydrogen-bond acceptors (Lipinski definition) is 2. The molecule has 0 aliphatic carbocycles. The van der Waals surface area contributed by atoms with Crippen LogP contribution in [0.15, 0.2) is 24.3 Å². The summed E-state index contributed by atoms with van der Waals surface area (Å²) in [6.45, 7) is 9.19. The second kappa shape index (κ2) is 6.77. The molecule has 0 spiro atoms. The van der Waals surface area contributed by atoms with Crippen LogP contribution in [0.4, 0.5) is 0 Å². The fourth-order valence-electron chi connectivity index (χ4n) is 1.53. The van der Waals surface area contributed by atoms with Crippen LogP contribution in [0.1, 0.15) is 38.3 Å². The number of benzene rings is 1. The highest BCUT2D eigenvalue weighted by Crippen LogP contribution is 2.18. The van der Waals surface area contributed by atoms with E-state index in [1.54, 1.807) is 0 Å². The molecule has 0 unspecified atom stereocenters. The van der Waals surface area contributed by atoms with Crippen molar-refractivity contribution in [2.75, 3.05) is 13.7 Å². The molecule has 0 amide bonds. The van der Waals surface area contributed by atoms with Gasteiger partial charge in [-0.25, -0.2) is 0 Å². The van der Waals surface area contributed by atoms with Gasteiger partial charge in [0.1, 0.15) is 0 Å². The Morgan fingerprint density at radius 2 is 1.65 bits per heavy atom. The quantitative estimate of drug-likeness (QED) is 0.763. The number of hydrogen-bond donors (Lipinski definition) is 1. The van der Waals surface area contributed by atoms with Crippen LogP contribution >= 0.6 is 0 Å². The molecule has 0 aliphatic rings. The SMILES string of the molecule is CNCc1ccc(COCCC(C)(C)C)cc1. The van der Waals surface area contributed by atoms with Crippen LogP contribution in [0.3, 0.4) is 0 Å². The molecule has 1 rings (SSSR count). The summed E-state index contributed by atoms with van der Waals surface area (Å²) in [5.41, 5.74) is 2.92. The summed E-state index contributed by atoms with van der Waals surface area (Å²) in [6.07, 6.45) is 1.10. The smallest absolute Gasteiger partial charge is 0.0716 e. The van der Waals surface area contributed by atoms with Gasteiger partial charge in [0, 0.05) is 13.2 Å². The third-order valence-electron chi connectivity index (χ3n) is 2.67. The van der Waals surface area contributed by atoms with E-state index in [0.29, 0.717) is 5.41 Å². The van der Waals surface area contributed by atoms with Crippen LogP contribution in [-0.2, 0) is 17.9 Å². The minimum absolute atomic E-state index is 0.358. The molecule has 0 aromatic heterocycles. The maximum Gasteiger partial charge on any atom is 0.0716 e. The van der Waals surface area contributed by atoms with Gasteiger partial charge in [0.05, 0.1) is 6.61 Å². The summed E-state index contributed by atoms with van der Waals surface area (Å²) < 4.78 is 5.68. The Labute approximate surface area is 105 Å². The van der Waals surface area contributed by atoms with Gasteiger partial charge in [0.2, 0.25) is 0 Å². The van der Waals surface area contributed by atoms with Crippen LogP contribution in [0, 0.1) is 5.41 Å². The highest BCUT2D eigenvalue weighted by molar-refractivity contribution is 5.21. The molecule has 0 fully saturated rings. The van der Waals surface area contributed by atoms with Crippen molar-refractivity contribution in [3.8, 4) is 0 Å². The second-order valence-corrected chi connectivity index (χ2v) is 5.71. The second-order valence-electron chi connectivity index (χ2n) is 5.71. The van der Waals surface area contributed by atoms with Crippen LogP contribution in [0.2, 0.25) is 0 Å². The Bertz CT molecular complexity index is 311. The molecule has 0 heterocycles. The molecule has 0 saturated carbocycles. The van der Waals surface area contributed by atoms with Crippen molar-refractivity contribution in [3.63, 3.8) is 0 Å². The van der Waals surface area contributed by atoms with E-state index in [1.165, 1.54) is 11.1 Å². The predicted molar refractivity (Wildman–Crippen MR) is 72.9 cm³/mol. The topological polar surface area (TPSA) is 21.3 Å². The monoisotopic (exact) mass is 235 g/mol. The molecule has 0 atom stereocenters. The fraction of sp³-hybridized carbons (Fsp3) is 0.600. The van der Waals surface area contributed by atoms with Crippen molar-refractivity contribution < 1.29 is 4.74 Å². The Kier molecular flexibility index (Phi) is 5.66. The zero-order valence-corrected chi connectivity index (χ0v) is 11.5. The summed E-state index contributed by atoms with van der Waals surface area (Å²) in [6, 6.07) is 8.59. The van der Waals surface area contributed by atoms with Crippen LogP contribution in [-0.4, -0.2) is 13.7 Å². The van der Waals surface area contributed by atoms with Crippen molar-refractivity contribution in [3.05, 3.63) is 35.4 Å². The van der Waals surface area contributed by atoms with E-state index in [0.717, 1.165) is 26.2 Å². The van der Waals surface area contributed by atoms with Gasteiger partial charge in [0.25, 0.3) is 0 Å². The minimum atomic E-state index is 0.358. The Morgan fingerprint density at radius 1 is 1.06 bits per heavy atom. The molecule has 0 radical (unpaired) electrons. The molecule has 2 nitrogen and oxygen atoms in total. The lowest BCUT2D eigenvalue weighted by Crippen LogP contribution is -2.09. The molecule has 1 N–H and O–H groups in total. The van der Waals surface area contributed by atoms with Crippen molar-refractivity contribution in [1.29, 1.82) is 0 Å². The maximum absolute atomic E-state index is 5.68. The molecule has 1 aromatic rings. The summed E-state index contributed by atoms with van der Waals surface area (Å²) in [4.78, 5) is 0. The van der Waals surface area contributed by atoms with Crippen molar-refractivity contribution in [1.82, 2.24) is 5.32 Å². The normalized spacial score (nSPS) is 11.8. The molecular weight excluding hydrogens is 210 g/mol. The van der Waals surface area contributed by atoms with Gasteiger partial charge < -0.3 is 10.1 Å². The average Bonchev–Trinajstić information content (AvgIpc) is 2.26. The lowest BCUT2D eigenvalue weighted by Gasteiger charge is -2.17. The zero-order chi connectivity index (χ0) is 12.7. The minimum Gasteiger partial charge on any atom is -0.377 e. The van der Waals surface area contributed by atoms with E-state index >= 15 is 0 Å². The Balaban J connectivity index is 2.27. The van der Waals surface area contributed by atoms with Gasteiger partial charge in [-0.3, -0.25) is 0 Å². The number of ether oxygens (including phenoxy) is 1. The summed E-state index contributed by atoms with van der Waals surface area (Å²) in [7, 11) is 1.96. The number of rotatable bonds is 6. The van der Waals surface area contributed by atoms with E-state index in [1.807, 2.05) is 7.05 Å². The summed E-state index contributed by atoms with van der Waals surface area (Å²) in [5, 5.41) is 3.14. The van der Waals surface area contributed by atoms with Gasteiger partial charge in [-0.1, -0.05) is 45.0 Å². The molecule has 1 aromatic carbocycles. The van der Waals surface area contributed by atoms with Gasteiger partial charge in [0.15, 0.2) is 0 Å². The summed E-state index contributed by atoms with van der Waals surface area (Å²) >= 11 is 0. The van der Waals surface area contributed by atoms with Crippen LogP contribution in [0.5, 0.6) is 0 Å². The average molecular weight is 235 g/mol. The van der Waals surface area contributed by atoms with Gasteiger partial charge in [-0.05, 0) is 30.0 Å². The largest absolute Gasteiger partial charge is 0.377 e. The third kappa shape index (κ3) is 6.44. The molecule has 96 valence electrons. The van der Waals surface area contributed by atoms with Gasteiger partial charge >= 0.3 is 0 Å². The van der Waals surface area contributed by atoms with E-state index < -0.39 is 0 Å². The highest BCUT2D eigenvalue weighted by Gasteiger charge is 2.09. The van der Waals surface area contributed by atoms with E-state index in [2.05, 4.69) is 50.4 Å². The first-order chi connectivity index (χ1) is 8.01. The molecule has 0 saturated heterocycles. The van der Waals surface area contributed by atoms with Crippen LogP contribution in [0.25, 0.3) is 0 Å². The van der Waals surface area contributed by atoms with Crippen LogP contribution < -0.4 is 5.32 Å². The van der Waals surface area contributed by atoms with Crippen molar-refractivity contribution in [2.24, 2.45) is 5.41 Å². The lowest BCUT2D eigenvalue weighted by atomic mass is 9.93. The summed E-state index contributed by atoms with van der Waals surface area (Å²) in [5.74, 6) is 0. The van der Waals surface area contributed by atoms with Gasteiger partial charge in [-0.15, -0.1) is 0 Å². The lowest BCUT2D eigenvalue weighted by molar-refractivity contribution is 0.0962. The number of nitrogens with one attached hydrogen (secondary N) is 1. The molecule has 0 bridgehead atoms. The fourth-order valence-corrected chi connectivity index (χ4v) is 1.53. The highest BCUT2D eigenvalue weighted by atomic mass is 16.5. The standard InChI is InChI=1S/C15H25NO/c1-15(2,3)9-10-17-12-14-7-5-13(6-8-14)11-16-4/h5-8,16H,9-12H2,1-4H3. The van der Waals surface area contributed by atoms with Crippen molar-refractivity contribution in [2.45, 2.75) is 40.3 Å². The van der Waals surface area contributed by atoms with E-state index in [-0.39, 0.29) is 0 Å². The molecule has 2 heteroatoms. The third-order valence-corrected chi connectivity index (χ3v) is 2.67. The van der Waals surface area contributed by atoms with Gasteiger partial charge in [-0.2, -0.15) is 0 Å². The zero-order valence-electron chi connectivity index (χ0n) is 11.5. The van der Waals surface area contributed by atoms with Crippen molar-refractivity contribution >= 4 is 0 Å². The molecular formula is C15H25NO. The first kappa shape index (κ1) is 14.2. The molecule has 0 aliphatic heterocycles. The first-order valence-electron chi connectivity index (χ1n) is 6.31. The van der Waals surface area contributed by atoms with E-state index in [4.69, 9.17) is 4.74 Å². The Hall–Kier alpha value is -0.860. The Morgan fingerprint density at radius 3 is 2.18 bits per heavy atom.